The maximum absolute atomic E-state index is 13.5. The van der Waals surface area contributed by atoms with E-state index in [9.17, 15) is 18.7 Å². The van der Waals surface area contributed by atoms with Crippen LogP contribution in [0.4, 0.5) is 8.78 Å². The summed E-state index contributed by atoms with van der Waals surface area (Å²) < 4.78 is 32.1. The van der Waals surface area contributed by atoms with E-state index in [0.29, 0.717) is 41.6 Å². The second kappa shape index (κ2) is 11.0. The first-order valence-electron chi connectivity index (χ1n) is 11.4. The number of nitrogens with zero attached hydrogens (tertiary/aromatic N) is 1. The number of halogens is 2. The van der Waals surface area contributed by atoms with Gasteiger partial charge >= 0.3 is 5.97 Å². The topological polar surface area (TPSA) is 59.4 Å². The van der Waals surface area contributed by atoms with E-state index >= 15 is 0 Å². The third-order valence-corrected chi connectivity index (χ3v) is 5.69. The third-order valence-electron chi connectivity index (χ3n) is 5.69. The van der Waals surface area contributed by atoms with Gasteiger partial charge in [-0.05, 0) is 66.8 Å². The molecule has 35 heavy (non-hydrogen) atoms. The van der Waals surface area contributed by atoms with Gasteiger partial charge in [0.15, 0.2) is 11.6 Å². The minimum atomic E-state index is -0.933. The number of aromatic nitrogens is 1. The predicted molar refractivity (Wildman–Crippen MR) is 133 cm³/mol. The highest BCUT2D eigenvalue weighted by molar-refractivity contribution is 5.91. The summed E-state index contributed by atoms with van der Waals surface area (Å²) >= 11 is 0. The largest absolute Gasteiger partial charge is 0.462 e. The normalized spacial score (nSPS) is 12.2. The molecule has 6 heteroatoms. The lowest BCUT2D eigenvalue weighted by molar-refractivity contribution is 0.0524. The molecule has 0 saturated carbocycles. The number of ether oxygens (including phenoxy) is 1. The standard InChI is InChI=1S/C29H25F2NO3/c1-2-35-29(34)24-9-4-3-7-20(24)12-15-28(33)22-8-5-6-19(16-22)10-13-23-14-11-21-17-25(30)26(31)18-27(21)32-23/h3-11,13-14,16-18,28,33H,2,12,15H2,1H3/t28-/m0/s1. The first kappa shape index (κ1) is 24.2. The highest BCUT2D eigenvalue weighted by Gasteiger charge is 2.14. The van der Waals surface area contributed by atoms with Crippen molar-refractivity contribution in [1.29, 1.82) is 0 Å². The molecule has 0 aliphatic rings. The predicted octanol–water partition coefficient (Wildman–Crippen LogP) is 6.53. The van der Waals surface area contributed by atoms with Crippen LogP contribution in [-0.4, -0.2) is 22.7 Å². The Bertz CT molecular complexity index is 1380. The first-order valence-corrected chi connectivity index (χ1v) is 11.4. The van der Waals surface area contributed by atoms with Crippen molar-refractivity contribution in [2.24, 2.45) is 0 Å². The molecule has 4 rings (SSSR count). The number of aliphatic hydroxyl groups is 1. The minimum Gasteiger partial charge on any atom is -0.462 e. The summed E-state index contributed by atoms with van der Waals surface area (Å²) in [5.41, 5.74) is 3.94. The van der Waals surface area contributed by atoms with E-state index in [-0.39, 0.29) is 5.97 Å². The molecule has 0 bridgehead atoms. The van der Waals surface area contributed by atoms with Gasteiger partial charge in [-0.2, -0.15) is 0 Å². The van der Waals surface area contributed by atoms with Crippen LogP contribution < -0.4 is 0 Å². The number of hydrogen-bond acceptors (Lipinski definition) is 4. The van der Waals surface area contributed by atoms with Gasteiger partial charge in [0, 0.05) is 11.5 Å². The number of pyridine rings is 1. The number of carbonyl (C=O) groups is 1. The number of rotatable bonds is 8. The Kier molecular flexibility index (Phi) is 7.63. The van der Waals surface area contributed by atoms with Gasteiger partial charge in [-0.3, -0.25) is 0 Å². The smallest absolute Gasteiger partial charge is 0.338 e. The zero-order valence-corrected chi connectivity index (χ0v) is 19.2. The molecule has 4 aromatic rings. The van der Waals surface area contributed by atoms with E-state index in [1.807, 2.05) is 42.5 Å². The van der Waals surface area contributed by atoms with Crippen LogP contribution >= 0.6 is 0 Å². The quantitative estimate of drug-likeness (QED) is 0.296. The monoisotopic (exact) mass is 473 g/mol. The second-order valence-electron chi connectivity index (χ2n) is 8.13. The van der Waals surface area contributed by atoms with Crippen molar-refractivity contribution in [3.05, 3.63) is 112 Å². The van der Waals surface area contributed by atoms with E-state index < -0.39 is 17.7 Å². The lowest BCUT2D eigenvalue weighted by Crippen LogP contribution is -2.09. The fraction of sp³-hybridized carbons (Fsp3) is 0.172. The van der Waals surface area contributed by atoms with Crippen LogP contribution in [0.15, 0.2) is 72.8 Å². The van der Waals surface area contributed by atoms with Gasteiger partial charge in [-0.25, -0.2) is 18.6 Å². The Hall–Kier alpha value is -3.90. The number of benzene rings is 3. The van der Waals surface area contributed by atoms with Gasteiger partial charge in [0.25, 0.3) is 0 Å². The lowest BCUT2D eigenvalue weighted by Gasteiger charge is -2.13. The molecule has 0 fully saturated rings. The fourth-order valence-corrected chi connectivity index (χ4v) is 3.88. The van der Waals surface area contributed by atoms with Gasteiger partial charge in [0.2, 0.25) is 0 Å². The average molecular weight is 474 g/mol. The molecule has 3 aromatic carbocycles. The summed E-state index contributed by atoms with van der Waals surface area (Å²) in [7, 11) is 0. The highest BCUT2D eigenvalue weighted by Crippen LogP contribution is 2.23. The van der Waals surface area contributed by atoms with Crippen LogP contribution in [0, 0.1) is 11.6 Å². The number of fused-ring (bicyclic) bond motifs is 1. The molecule has 178 valence electrons. The van der Waals surface area contributed by atoms with Crippen molar-refractivity contribution < 1.29 is 23.4 Å². The highest BCUT2D eigenvalue weighted by atomic mass is 19.2. The fourth-order valence-electron chi connectivity index (χ4n) is 3.88. The van der Waals surface area contributed by atoms with Crippen molar-refractivity contribution in [2.45, 2.75) is 25.9 Å². The minimum absolute atomic E-state index is 0.306. The maximum atomic E-state index is 13.5. The summed E-state index contributed by atoms with van der Waals surface area (Å²) in [6.07, 6.45) is 3.88. The Labute approximate surface area is 202 Å². The summed E-state index contributed by atoms with van der Waals surface area (Å²) in [5, 5.41) is 11.3. The molecule has 0 aliphatic heterocycles. The van der Waals surface area contributed by atoms with Crippen LogP contribution in [0.1, 0.15) is 52.2 Å². The van der Waals surface area contributed by atoms with Crippen LogP contribution in [0.2, 0.25) is 0 Å². The van der Waals surface area contributed by atoms with Crippen LogP contribution in [0.25, 0.3) is 23.1 Å². The van der Waals surface area contributed by atoms with E-state index in [2.05, 4.69) is 4.98 Å². The van der Waals surface area contributed by atoms with Crippen molar-refractivity contribution in [3.8, 4) is 0 Å². The first-order chi connectivity index (χ1) is 16.9. The number of carbonyl (C=O) groups excluding carboxylic acids is 1. The number of esters is 1. The van der Waals surface area contributed by atoms with Crippen molar-refractivity contribution in [2.75, 3.05) is 6.61 Å². The Morgan fingerprint density at radius 2 is 1.80 bits per heavy atom. The SMILES string of the molecule is CCOC(=O)c1ccccc1CC[C@H](O)c1cccc(C=Cc2ccc3cc(F)c(F)cc3n2)c1. The molecule has 0 aliphatic carbocycles. The molecular weight excluding hydrogens is 448 g/mol. The van der Waals surface area contributed by atoms with Gasteiger partial charge in [0.1, 0.15) is 0 Å². The number of aryl methyl sites for hydroxylation is 1. The van der Waals surface area contributed by atoms with E-state index in [1.165, 1.54) is 0 Å². The molecule has 0 amide bonds. The zero-order chi connectivity index (χ0) is 24.8. The van der Waals surface area contributed by atoms with Crippen LogP contribution in [0.3, 0.4) is 0 Å². The Balaban J connectivity index is 1.45. The van der Waals surface area contributed by atoms with E-state index in [0.717, 1.165) is 28.8 Å². The van der Waals surface area contributed by atoms with Crippen molar-refractivity contribution in [3.63, 3.8) is 0 Å². The number of aliphatic hydroxyl groups excluding tert-OH is 1. The summed E-state index contributed by atoms with van der Waals surface area (Å²) in [5.74, 6) is -2.19. The van der Waals surface area contributed by atoms with Crippen molar-refractivity contribution >= 4 is 29.0 Å². The molecule has 1 aromatic heterocycles. The lowest BCUT2D eigenvalue weighted by atomic mass is 9.97. The van der Waals surface area contributed by atoms with Gasteiger partial charge in [0.05, 0.1) is 29.5 Å². The molecule has 1 atom stereocenters. The summed E-state index contributed by atoms with van der Waals surface area (Å²) in [4.78, 5) is 16.6. The van der Waals surface area contributed by atoms with E-state index in [1.54, 1.807) is 37.3 Å². The van der Waals surface area contributed by atoms with Crippen molar-refractivity contribution in [1.82, 2.24) is 4.98 Å². The molecule has 1 heterocycles. The van der Waals surface area contributed by atoms with E-state index in [4.69, 9.17) is 4.74 Å². The molecule has 0 radical (unpaired) electrons. The zero-order valence-electron chi connectivity index (χ0n) is 19.2. The Morgan fingerprint density at radius 1 is 1.00 bits per heavy atom. The molecule has 0 saturated heterocycles. The molecule has 4 nitrogen and oxygen atoms in total. The van der Waals surface area contributed by atoms with Crippen LogP contribution in [-0.2, 0) is 11.2 Å². The third kappa shape index (κ3) is 5.97. The van der Waals surface area contributed by atoms with Gasteiger partial charge in [-0.15, -0.1) is 0 Å². The molecule has 1 N–H and O–H groups in total. The van der Waals surface area contributed by atoms with Gasteiger partial charge < -0.3 is 9.84 Å². The summed E-state index contributed by atoms with van der Waals surface area (Å²) in [6.45, 7) is 2.07. The maximum Gasteiger partial charge on any atom is 0.338 e. The van der Waals surface area contributed by atoms with Crippen LogP contribution in [0.5, 0.6) is 0 Å². The van der Waals surface area contributed by atoms with Gasteiger partial charge in [-0.1, -0.05) is 48.5 Å². The average Bonchev–Trinajstić information content (AvgIpc) is 2.87. The molecular formula is C29H25F2NO3. The molecule has 0 spiro atoms. The number of hydrogen-bond donors (Lipinski definition) is 1. The second-order valence-corrected chi connectivity index (χ2v) is 8.13. The summed E-state index contributed by atoms with van der Waals surface area (Å²) in [6, 6.07) is 20.4. The Morgan fingerprint density at radius 3 is 2.63 bits per heavy atom. The molecule has 0 unspecified atom stereocenters.